The van der Waals surface area contributed by atoms with Crippen molar-refractivity contribution in [1.82, 2.24) is 10.9 Å². The van der Waals surface area contributed by atoms with E-state index in [9.17, 15) is 44.3 Å². The van der Waals surface area contributed by atoms with Crippen molar-refractivity contribution in [2.45, 2.75) is 19.0 Å². The number of alkyl halides is 5. The zero-order valence-corrected chi connectivity index (χ0v) is 16.7. The molecule has 0 heterocycles. The number of amides is 2. The molecule has 0 spiro atoms. The van der Waals surface area contributed by atoms with Crippen LogP contribution in [-0.2, 0) is 27.4 Å². The Balaban J connectivity index is 2.01. The van der Waals surface area contributed by atoms with Crippen LogP contribution in [0.2, 0.25) is 0 Å². The second-order valence-electron chi connectivity index (χ2n) is 6.30. The van der Waals surface area contributed by atoms with Crippen LogP contribution in [0, 0.1) is 5.82 Å². The third kappa shape index (κ3) is 7.14. The summed E-state index contributed by atoms with van der Waals surface area (Å²) < 4.78 is 103. The average molecular weight is 483 g/mol. The van der Waals surface area contributed by atoms with Crippen molar-refractivity contribution in [1.29, 1.82) is 0 Å². The highest BCUT2D eigenvalue weighted by atomic mass is 32.2. The van der Waals surface area contributed by atoms with E-state index in [1.54, 1.807) is 5.43 Å². The van der Waals surface area contributed by atoms with Crippen LogP contribution in [0.25, 0.3) is 0 Å². The van der Waals surface area contributed by atoms with Gasteiger partial charge in [-0.1, -0.05) is 12.1 Å². The molecule has 0 radical (unpaired) electrons. The fraction of sp³-hybridized carbons (Fsp3) is 0.222. The Hall–Kier alpha value is -3.29. The lowest BCUT2D eigenvalue weighted by atomic mass is 10.1. The van der Waals surface area contributed by atoms with Gasteiger partial charge in [0.2, 0.25) is 10.0 Å². The van der Waals surface area contributed by atoms with Crippen LogP contribution in [0.4, 0.5) is 32.0 Å². The zero-order valence-electron chi connectivity index (χ0n) is 15.8. The lowest BCUT2D eigenvalue weighted by Gasteiger charge is -2.12. The van der Waals surface area contributed by atoms with Crippen LogP contribution < -0.4 is 15.6 Å². The zero-order chi connectivity index (χ0) is 24.1. The summed E-state index contributed by atoms with van der Waals surface area (Å²) in [6, 6.07) is 6.35. The fourth-order valence-electron chi connectivity index (χ4n) is 2.37. The first-order valence-corrected chi connectivity index (χ1v) is 10.3. The highest BCUT2D eigenvalue weighted by Crippen LogP contribution is 2.30. The molecular weight excluding hydrogens is 468 g/mol. The quantitative estimate of drug-likeness (QED) is 0.416. The first kappa shape index (κ1) is 25.0. The maximum atomic E-state index is 14.2. The monoisotopic (exact) mass is 483 g/mol. The maximum absolute atomic E-state index is 14.2. The Labute approximate surface area is 177 Å². The Morgan fingerprint density at radius 3 is 2.28 bits per heavy atom. The molecule has 0 fully saturated rings. The van der Waals surface area contributed by atoms with E-state index in [4.69, 9.17) is 0 Å². The summed E-state index contributed by atoms with van der Waals surface area (Å²) in [7, 11) is -4.15. The smallest absolute Gasteiger partial charge is 0.284 e. The molecule has 0 unspecified atom stereocenters. The SMILES string of the molecule is O=C(NNC(=O)C(F)F)c1ccc(CCS(=O)(=O)Nc2cccc(C(F)(F)F)c2)c(F)c1. The van der Waals surface area contributed by atoms with Crippen molar-refractivity contribution in [3.05, 3.63) is 65.0 Å². The van der Waals surface area contributed by atoms with Crippen molar-refractivity contribution >= 4 is 27.5 Å². The Morgan fingerprint density at radius 2 is 1.69 bits per heavy atom. The second kappa shape index (κ2) is 9.89. The summed E-state index contributed by atoms with van der Waals surface area (Å²) in [5.74, 6) is -4.54. The lowest BCUT2D eigenvalue weighted by molar-refractivity contribution is -0.137. The number of nitrogens with one attached hydrogen (secondary N) is 3. The molecule has 7 nitrogen and oxygen atoms in total. The highest BCUT2D eigenvalue weighted by molar-refractivity contribution is 7.92. The van der Waals surface area contributed by atoms with E-state index >= 15 is 0 Å². The number of aryl methyl sites for hydroxylation is 1. The minimum absolute atomic E-state index is 0.132. The van der Waals surface area contributed by atoms with Gasteiger partial charge in [-0.05, 0) is 42.3 Å². The summed E-state index contributed by atoms with van der Waals surface area (Å²) in [5.41, 5.74) is 1.23. The number of hydrogen-bond acceptors (Lipinski definition) is 4. The van der Waals surface area contributed by atoms with Crippen molar-refractivity contribution in [3.63, 3.8) is 0 Å². The maximum Gasteiger partial charge on any atom is 0.416 e. The average Bonchev–Trinajstić information content (AvgIpc) is 2.69. The van der Waals surface area contributed by atoms with E-state index in [1.807, 2.05) is 4.72 Å². The van der Waals surface area contributed by atoms with E-state index in [2.05, 4.69) is 0 Å². The van der Waals surface area contributed by atoms with Gasteiger partial charge in [-0.2, -0.15) is 22.0 Å². The summed E-state index contributed by atoms with van der Waals surface area (Å²) in [6.45, 7) is 0. The van der Waals surface area contributed by atoms with Gasteiger partial charge < -0.3 is 0 Å². The first-order valence-electron chi connectivity index (χ1n) is 8.63. The van der Waals surface area contributed by atoms with Gasteiger partial charge in [-0.25, -0.2) is 12.8 Å². The van der Waals surface area contributed by atoms with Crippen molar-refractivity contribution in [2.75, 3.05) is 10.5 Å². The Bertz CT molecular complexity index is 1110. The number of benzene rings is 2. The molecule has 0 aliphatic rings. The molecule has 14 heteroatoms. The van der Waals surface area contributed by atoms with Gasteiger partial charge in [0, 0.05) is 11.3 Å². The third-order valence-corrected chi connectivity index (χ3v) is 5.20. The molecule has 0 aliphatic carbocycles. The molecule has 0 atom stereocenters. The standard InChI is InChI=1S/C18H15F6N3O4S/c19-14-8-11(16(28)25-26-17(29)15(20)21)5-4-10(14)6-7-32(30,31)27-13-3-1-2-12(9-13)18(22,23)24/h1-5,8-9,15,27H,6-7H2,(H,25,28)(H,26,29). The predicted molar refractivity (Wildman–Crippen MR) is 101 cm³/mol. The number of sulfonamides is 1. The number of hydrogen-bond donors (Lipinski definition) is 3. The predicted octanol–water partition coefficient (Wildman–Crippen LogP) is 2.86. The van der Waals surface area contributed by atoms with Gasteiger partial charge in [0.05, 0.1) is 11.3 Å². The van der Waals surface area contributed by atoms with Crippen molar-refractivity contribution < 1.29 is 44.3 Å². The number of rotatable bonds is 7. The minimum Gasteiger partial charge on any atom is -0.284 e. The molecule has 2 aromatic rings. The van der Waals surface area contributed by atoms with E-state index in [0.717, 1.165) is 30.3 Å². The summed E-state index contributed by atoms with van der Waals surface area (Å²) >= 11 is 0. The number of halogens is 6. The van der Waals surface area contributed by atoms with Gasteiger partial charge >= 0.3 is 18.5 Å². The molecule has 0 saturated heterocycles. The molecule has 0 bridgehead atoms. The van der Waals surface area contributed by atoms with Gasteiger partial charge in [-0.15, -0.1) is 0 Å². The van der Waals surface area contributed by atoms with Gasteiger partial charge in [0.25, 0.3) is 5.91 Å². The van der Waals surface area contributed by atoms with E-state index in [0.29, 0.717) is 12.1 Å². The number of hydrazine groups is 1. The summed E-state index contributed by atoms with van der Waals surface area (Å²) in [6.07, 6.45) is -8.42. The molecule has 3 N–H and O–H groups in total. The highest BCUT2D eigenvalue weighted by Gasteiger charge is 2.30. The van der Waals surface area contributed by atoms with E-state index < -0.39 is 51.6 Å². The molecule has 0 aliphatic heterocycles. The van der Waals surface area contributed by atoms with Crippen molar-refractivity contribution in [2.24, 2.45) is 0 Å². The molecule has 2 rings (SSSR count). The molecule has 0 saturated carbocycles. The van der Waals surface area contributed by atoms with Gasteiger partial charge in [-0.3, -0.25) is 25.2 Å². The van der Waals surface area contributed by atoms with Crippen LogP contribution in [0.3, 0.4) is 0 Å². The minimum atomic E-state index is -4.67. The number of carbonyl (C=O) groups is 2. The summed E-state index contributed by atoms with van der Waals surface area (Å²) in [4.78, 5) is 22.4. The van der Waals surface area contributed by atoms with Gasteiger partial charge in [0.1, 0.15) is 5.82 Å². The molecule has 2 aromatic carbocycles. The second-order valence-corrected chi connectivity index (χ2v) is 8.14. The Morgan fingerprint density at radius 1 is 1.00 bits per heavy atom. The van der Waals surface area contributed by atoms with E-state index in [-0.39, 0.29) is 23.2 Å². The van der Waals surface area contributed by atoms with Crippen LogP contribution in [0.1, 0.15) is 21.5 Å². The summed E-state index contributed by atoms with van der Waals surface area (Å²) in [5, 5.41) is 0. The Kier molecular flexibility index (Phi) is 7.72. The largest absolute Gasteiger partial charge is 0.416 e. The number of anilines is 1. The van der Waals surface area contributed by atoms with Crippen LogP contribution >= 0.6 is 0 Å². The van der Waals surface area contributed by atoms with Gasteiger partial charge in [0.15, 0.2) is 0 Å². The molecule has 32 heavy (non-hydrogen) atoms. The molecular formula is C18H15F6N3O4S. The molecule has 2 amide bonds. The van der Waals surface area contributed by atoms with E-state index in [1.165, 1.54) is 5.43 Å². The topological polar surface area (TPSA) is 104 Å². The molecule has 0 aromatic heterocycles. The first-order chi connectivity index (χ1) is 14.8. The van der Waals surface area contributed by atoms with Crippen LogP contribution in [0.5, 0.6) is 0 Å². The third-order valence-electron chi connectivity index (χ3n) is 3.92. The fourth-order valence-corrected chi connectivity index (χ4v) is 3.45. The normalized spacial score (nSPS) is 11.8. The molecule has 174 valence electrons. The van der Waals surface area contributed by atoms with Crippen molar-refractivity contribution in [3.8, 4) is 0 Å². The number of carbonyl (C=O) groups excluding carboxylic acids is 2. The lowest BCUT2D eigenvalue weighted by Crippen LogP contribution is -2.44. The van der Waals surface area contributed by atoms with Crippen LogP contribution in [0.15, 0.2) is 42.5 Å². The van der Waals surface area contributed by atoms with Crippen LogP contribution in [-0.4, -0.2) is 32.4 Å².